The Morgan fingerprint density at radius 3 is 2.57 bits per heavy atom. The zero-order chi connectivity index (χ0) is 34.6. The molecule has 0 aliphatic heterocycles. The number of halogens is 2. The first kappa shape index (κ1) is 34.9. The molecule has 1 amide bonds. The van der Waals surface area contributed by atoms with Crippen molar-refractivity contribution in [3.05, 3.63) is 48.0 Å². The number of nitrogens with one attached hydrogen (secondary N) is 1. The third-order valence-electron chi connectivity index (χ3n) is 10.6. The first-order valence-electron chi connectivity index (χ1n) is 15.7. The Kier molecular flexibility index (Phi) is 9.08. The minimum absolute atomic E-state index is 0.00182. The summed E-state index contributed by atoms with van der Waals surface area (Å²) in [6, 6.07) is 2.90. The van der Waals surface area contributed by atoms with Gasteiger partial charge < -0.3 is 24.3 Å². The predicted molar refractivity (Wildman–Crippen MR) is 170 cm³/mol. The van der Waals surface area contributed by atoms with Crippen LogP contribution in [0.25, 0.3) is 0 Å². The standard InChI is InChI=1S/C35H41F2NO8S/c1-20-16-22-23-18-25(36)24-17-21(39)11-12-32(24,5)34(23,37)27(40)19-33(22,6)35(20,46-28(41)26-10-9-14-44-26)29(42)47-15-8-7-13-45-30(43)38-31(2,3)4/h9-12,14,17,20,22-23,25,27,40H,13,15-16,18-19H2,1-6H3,(H,38,43)/t20-,22+,23+,25+,27+,32+,33+,34+,35+/m1/s1. The van der Waals surface area contributed by atoms with Gasteiger partial charge in [-0.1, -0.05) is 43.5 Å². The molecule has 1 aromatic heterocycles. The van der Waals surface area contributed by atoms with Crippen LogP contribution >= 0.6 is 11.8 Å². The van der Waals surface area contributed by atoms with Crippen LogP contribution in [0.4, 0.5) is 13.6 Å². The van der Waals surface area contributed by atoms with Crippen molar-refractivity contribution in [1.82, 2.24) is 5.32 Å². The van der Waals surface area contributed by atoms with E-state index in [0.717, 1.165) is 17.8 Å². The number of aliphatic hydroxyl groups is 1. The zero-order valence-corrected chi connectivity index (χ0v) is 28.2. The van der Waals surface area contributed by atoms with E-state index in [-0.39, 0.29) is 43.0 Å². The van der Waals surface area contributed by atoms with Gasteiger partial charge in [-0.3, -0.25) is 9.59 Å². The van der Waals surface area contributed by atoms with Crippen molar-refractivity contribution in [2.24, 2.45) is 28.6 Å². The molecule has 0 spiro atoms. The van der Waals surface area contributed by atoms with Crippen LogP contribution in [0.15, 0.2) is 46.6 Å². The molecule has 254 valence electrons. The molecular formula is C35H41F2NO8S. The maximum atomic E-state index is 17.7. The van der Waals surface area contributed by atoms with Gasteiger partial charge in [-0.15, -0.1) is 0 Å². The fourth-order valence-corrected chi connectivity index (χ4v) is 9.56. The minimum Gasteiger partial charge on any atom is -0.457 e. The van der Waals surface area contributed by atoms with Gasteiger partial charge in [0.05, 0.1) is 18.1 Å². The molecule has 3 saturated carbocycles. The molecule has 0 saturated heterocycles. The molecular weight excluding hydrogens is 632 g/mol. The predicted octanol–water partition coefficient (Wildman–Crippen LogP) is 5.53. The molecule has 1 aromatic rings. The van der Waals surface area contributed by atoms with Crippen molar-refractivity contribution in [1.29, 1.82) is 0 Å². The number of esters is 1. The molecule has 0 bridgehead atoms. The summed E-state index contributed by atoms with van der Waals surface area (Å²) in [4.78, 5) is 51.9. The average molecular weight is 674 g/mol. The second kappa shape index (κ2) is 12.2. The van der Waals surface area contributed by atoms with Crippen LogP contribution in [0.3, 0.4) is 0 Å². The molecule has 1 heterocycles. The number of alkyl halides is 2. The highest BCUT2D eigenvalue weighted by Gasteiger charge is 2.78. The topological polar surface area (TPSA) is 132 Å². The van der Waals surface area contributed by atoms with Gasteiger partial charge in [-0.05, 0) is 82.7 Å². The number of thioether (sulfide) groups is 1. The third kappa shape index (κ3) is 5.63. The summed E-state index contributed by atoms with van der Waals surface area (Å²) >= 11 is 0.803. The fraction of sp³-hybridized carbons (Fsp3) is 0.600. The normalized spacial score (nSPS) is 37.3. The number of hydrogen-bond acceptors (Lipinski definition) is 9. The lowest BCUT2D eigenvalue weighted by molar-refractivity contribution is -0.221. The maximum absolute atomic E-state index is 17.7. The lowest BCUT2D eigenvalue weighted by Crippen LogP contribution is -2.70. The fourth-order valence-electron chi connectivity index (χ4n) is 8.56. The summed E-state index contributed by atoms with van der Waals surface area (Å²) in [5.41, 5.74) is -7.61. The van der Waals surface area contributed by atoms with Gasteiger partial charge in [0.15, 0.2) is 23.7 Å². The van der Waals surface area contributed by atoms with Gasteiger partial charge in [0.25, 0.3) is 0 Å². The van der Waals surface area contributed by atoms with E-state index in [2.05, 4.69) is 17.2 Å². The van der Waals surface area contributed by atoms with Crippen LogP contribution in [-0.4, -0.2) is 69.5 Å². The van der Waals surface area contributed by atoms with Gasteiger partial charge in [-0.25, -0.2) is 18.4 Å². The first-order chi connectivity index (χ1) is 21.9. The second-order valence-corrected chi connectivity index (χ2v) is 15.4. The zero-order valence-electron chi connectivity index (χ0n) is 27.4. The van der Waals surface area contributed by atoms with E-state index in [1.54, 1.807) is 34.6 Å². The Labute approximate surface area is 277 Å². The number of ketones is 1. The monoisotopic (exact) mass is 673 g/mol. The summed E-state index contributed by atoms with van der Waals surface area (Å²) < 4.78 is 50.1. The summed E-state index contributed by atoms with van der Waals surface area (Å²) in [6.45, 7) is 10.1. The highest BCUT2D eigenvalue weighted by molar-refractivity contribution is 8.14. The number of carbonyl (C=O) groups is 4. The van der Waals surface area contributed by atoms with Gasteiger partial charge in [0.2, 0.25) is 10.9 Å². The van der Waals surface area contributed by atoms with Crippen molar-refractivity contribution in [3.8, 4) is 11.8 Å². The number of furan rings is 1. The first-order valence-corrected chi connectivity index (χ1v) is 16.7. The quantitative estimate of drug-likeness (QED) is 0.306. The van der Waals surface area contributed by atoms with Crippen molar-refractivity contribution in [2.75, 3.05) is 12.4 Å². The van der Waals surface area contributed by atoms with Crippen LogP contribution in [0.1, 0.15) is 71.4 Å². The van der Waals surface area contributed by atoms with Gasteiger partial charge >= 0.3 is 12.1 Å². The molecule has 3 fully saturated rings. The average Bonchev–Trinajstić information content (AvgIpc) is 3.59. The Bertz CT molecular complexity index is 1570. The van der Waals surface area contributed by atoms with Crippen LogP contribution in [0, 0.1) is 40.4 Å². The molecule has 0 radical (unpaired) electrons. The molecule has 0 aromatic carbocycles. The Morgan fingerprint density at radius 1 is 1.19 bits per heavy atom. The SMILES string of the molecule is C[C@@H]1C[C@H]2[C@@H]3C[C@H](F)C4=CC(=O)C=C[C@]4(C)[C@@]3(F)[C@@H](O)C[C@]2(C)[C@@]1(OC(=O)c1ccco1)C(=O)SCC#CCOC(=O)NC(C)(C)C. The second-order valence-electron chi connectivity index (χ2n) is 14.5. The molecule has 4 aliphatic rings. The van der Waals surface area contributed by atoms with Crippen molar-refractivity contribution >= 4 is 34.7 Å². The number of fused-ring (bicyclic) bond motifs is 5. The summed E-state index contributed by atoms with van der Waals surface area (Å²) in [6.07, 6.45) is 0.643. The number of hydrogen-bond donors (Lipinski definition) is 2. The number of amides is 1. The van der Waals surface area contributed by atoms with Gasteiger partial charge in [0, 0.05) is 28.2 Å². The van der Waals surface area contributed by atoms with E-state index in [1.165, 1.54) is 37.5 Å². The van der Waals surface area contributed by atoms with Gasteiger partial charge in [0.1, 0.15) is 6.17 Å². The molecule has 0 unspecified atom stereocenters. The van der Waals surface area contributed by atoms with E-state index in [0.29, 0.717) is 0 Å². The van der Waals surface area contributed by atoms with Crippen LogP contribution < -0.4 is 5.32 Å². The van der Waals surface area contributed by atoms with Gasteiger partial charge in [-0.2, -0.15) is 0 Å². The summed E-state index contributed by atoms with van der Waals surface area (Å²) in [5.74, 6) is 1.57. The molecule has 12 heteroatoms. The molecule has 2 N–H and O–H groups in total. The summed E-state index contributed by atoms with van der Waals surface area (Å²) in [5, 5.41) is 13.9. The molecule has 5 rings (SSSR count). The van der Waals surface area contributed by atoms with E-state index in [9.17, 15) is 24.3 Å². The molecule has 9 nitrogen and oxygen atoms in total. The Morgan fingerprint density at radius 2 is 1.91 bits per heavy atom. The number of carbonyl (C=O) groups excluding carboxylic acids is 4. The van der Waals surface area contributed by atoms with Crippen molar-refractivity contribution in [3.63, 3.8) is 0 Å². The van der Waals surface area contributed by atoms with E-state index in [4.69, 9.17) is 13.9 Å². The van der Waals surface area contributed by atoms with Crippen LogP contribution in [0.5, 0.6) is 0 Å². The van der Waals surface area contributed by atoms with Crippen molar-refractivity contribution < 1.29 is 47.0 Å². The number of rotatable bonds is 5. The van der Waals surface area contributed by atoms with E-state index >= 15 is 8.78 Å². The lowest BCUT2D eigenvalue weighted by Gasteiger charge is -2.63. The smallest absolute Gasteiger partial charge is 0.408 e. The Balaban J connectivity index is 1.46. The number of ether oxygens (including phenoxy) is 2. The summed E-state index contributed by atoms with van der Waals surface area (Å²) in [7, 11) is 0. The van der Waals surface area contributed by atoms with Crippen molar-refractivity contribution in [2.45, 2.75) is 89.9 Å². The highest BCUT2D eigenvalue weighted by atomic mass is 32.2. The Hall–Kier alpha value is -3.43. The largest absolute Gasteiger partial charge is 0.457 e. The molecule has 47 heavy (non-hydrogen) atoms. The minimum atomic E-state index is -2.36. The highest BCUT2D eigenvalue weighted by Crippen LogP contribution is 2.72. The van der Waals surface area contributed by atoms with Crippen LogP contribution in [-0.2, 0) is 19.1 Å². The number of alkyl carbamates (subject to hydrolysis) is 1. The third-order valence-corrected chi connectivity index (χ3v) is 11.5. The van der Waals surface area contributed by atoms with E-state index in [1.807, 2.05) is 0 Å². The maximum Gasteiger partial charge on any atom is 0.408 e. The van der Waals surface area contributed by atoms with Crippen LogP contribution in [0.2, 0.25) is 0 Å². The lowest BCUT2D eigenvalue weighted by atomic mass is 9.44. The number of allylic oxidation sites excluding steroid dienone is 4. The van der Waals surface area contributed by atoms with E-state index < -0.39 is 80.6 Å². The molecule has 9 atom stereocenters. The number of aliphatic hydroxyl groups excluding tert-OH is 1. The molecule has 4 aliphatic carbocycles.